The lowest BCUT2D eigenvalue weighted by molar-refractivity contribution is -0.222. The van der Waals surface area contributed by atoms with Gasteiger partial charge in [-0.1, -0.05) is 97.4 Å². The predicted molar refractivity (Wildman–Crippen MR) is 173 cm³/mol. The third-order valence-electron chi connectivity index (χ3n) is 7.53. The van der Waals surface area contributed by atoms with Crippen LogP contribution in [0.3, 0.4) is 0 Å². The number of esters is 2. The molecule has 1 aliphatic rings. The number of hydrogen-bond donors (Lipinski definition) is 2. The molecule has 0 aromatic heterocycles. The highest BCUT2D eigenvalue weighted by Gasteiger charge is 2.41. The van der Waals surface area contributed by atoms with E-state index < -0.39 is 17.7 Å². The number of cyclic esters (lactones) is 2. The second-order valence-corrected chi connectivity index (χ2v) is 13.0. The molecule has 1 aliphatic heterocycles. The summed E-state index contributed by atoms with van der Waals surface area (Å²) in [6.45, 7) is 14.8. The molecule has 3 rings (SSSR count). The number of carbonyl (C=O) groups excluding carboxylic acids is 2. The normalized spacial score (nSPS) is 15.4. The fourth-order valence-corrected chi connectivity index (χ4v) is 5.02. The van der Waals surface area contributed by atoms with Crippen molar-refractivity contribution in [2.45, 2.75) is 123 Å². The molecule has 1 heterocycles. The van der Waals surface area contributed by atoms with Crippen LogP contribution in [0.25, 0.3) is 0 Å². The van der Waals surface area contributed by atoms with E-state index in [2.05, 4.69) is 69.5 Å². The summed E-state index contributed by atoms with van der Waals surface area (Å²) in [6, 6.07) is 16.2. The van der Waals surface area contributed by atoms with Crippen LogP contribution < -0.4 is 15.4 Å². The summed E-state index contributed by atoms with van der Waals surface area (Å²) in [5.41, 5.74) is 3.08. The predicted octanol–water partition coefficient (Wildman–Crippen LogP) is 8.18. The Hall–Kier alpha value is -3.48. The van der Waals surface area contributed by atoms with Crippen molar-refractivity contribution < 1.29 is 23.8 Å². The first-order valence-corrected chi connectivity index (χ1v) is 16.0. The lowest BCUT2D eigenvalue weighted by Crippen LogP contribution is -2.45. The minimum atomic E-state index is -1.33. The molecular weight excluding hydrogens is 540 g/mol. The number of benzene rings is 2. The molecule has 0 amide bonds. The van der Waals surface area contributed by atoms with E-state index in [1.807, 2.05) is 24.3 Å². The molecule has 0 spiro atoms. The molecule has 43 heavy (non-hydrogen) atoms. The highest BCUT2D eigenvalue weighted by Crippen LogP contribution is 2.27. The molecule has 1 saturated heterocycles. The third kappa shape index (κ3) is 10.9. The van der Waals surface area contributed by atoms with Crippen LogP contribution in [-0.4, -0.2) is 30.4 Å². The molecule has 1 atom stereocenters. The van der Waals surface area contributed by atoms with Gasteiger partial charge in [-0.15, -0.1) is 0 Å². The van der Waals surface area contributed by atoms with Gasteiger partial charge in [-0.05, 0) is 60.1 Å². The molecular formula is C36H52N2O5. The van der Waals surface area contributed by atoms with E-state index in [-0.39, 0.29) is 22.9 Å². The Bertz CT molecular complexity index is 1190. The van der Waals surface area contributed by atoms with E-state index in [4.69, 9.17) is 14.2 Å². The van der Waals surface area contributed by atoms with Crippen LogP contribution in [0, 0.1) is 0 Å². The van der Waals surface area contributed by atoms with Gasteiger partial charge < -0.3 is 24.8 Å². The van der Waals surface area contributed by atoms with Crippen molar-refractivity contribution in [1.82, 2.24) is 5.32 Å². The number of hydrogen-bond acceptors (Lipinski definition) is 7. The van der Waals surface area contributed by atoms with Gasteiger partial charge in [0.05, 0.1) is 6.61 Å². The zero-order chi connectivity index (χ0) is 31.5. The topological polar surface area (TPSA) is 85.9 Å². The van der Waals surface area contributed by atoms with Crippen LogP contribution in [0.4, 0.5) is 5.69 Å². The Kier molecular flexibility index (Phi) is 12.5. The van der Waals surface area contributed by atoms with Crippen LogP contribution >= 0.6 is 0 Å². The maximum Gasteiger partial charge on any atom is 0.352 e. The maximum absolute atomic E-state index is 13.2. The van der Waals surface area contributed by atoms with Crippen molar-refractivity contribution in [1.29, 1.82) is 0 Å². The molecule has 2 aromatic rings. The van der Waals surface area contributed by atoms with Gasteiger partial charge in [0, 0.05) is 25.6 Å². The smallest absolute Gasteiger partial charge is 0.352 e. The van der Waals surface area contributed by atoms with E-state index in [0.29, 0.717) is 12.3 Å². The fraction of sp³-hybridized carbons (Fsp3) is 0.556. The summed E-state index contributed by atoms with van der Waals surface area (Å²) in [6.07, 6.45) is 9.35. The Balaban J connectivity index is 1.89. The Labute approximate surface area is 258 Å². The van der Waals surface area contributed by atoms with Crippen LogP contribution in [-0.2, 0) is 30.9 Å². The summed E-state index contributed by atoms with van der Waals surface area (Å²) in [5.74, 6) is -1.70. The molecule has 0 radical (unpaired) electrons. The Morgan fingerprint density at radius 3 is 2.02 bits per heavy atom. The first-order chi connectivity index (χ1) is 20.4. The molecule has 0 saturated carbocycles. The van der Waals surface area contributed by atoms with E-state index >= 15 is 0 Å². The SMILES string of the molecule is CCCCCCC(Cc1ccc(C(C)(C)C)cc1)NC(Nc1ccc(OCCCCC)cc1)=C1C(=O)OC(C)(C)OC1=O. The van der Waals surface area contributed by atoms with Gasteiger partial charge in [0.1, 0.15) is 11.6 Å². The summed E-state index contributed by atoms with van der Waals surface area (Å²) < 4.78 is 16.8. The number of unbranched alkanes of at least 4 members (excludes halogenated alkanes) is 5. The first-order valence-electron chi connectivity index (χ1n) is 16.0. The highest BCUT2D eigenvalue weighted by molar-refractivity contribution is 6.16. The minimum Gasteiger partial charge on any atom is -0.494 e. The van der Waals surface area contributed by atoms with E-state index in [1.165, 1.54) is 17.5 Å². The molecule has 1 unspecified atom stereocenters. The van der Waals surface area contributed by atoms with Crippen molar-refractivity contribution in [3.63, 3.8) is 0 Å². The number of ether oxygens (including phenoxy) is 3. The zero-order valence-corrected chi connectivity index (χ0v) is 27.3. The molecule has 7 heteroatoms. The fourth-order valence-electron chi connectivity index (χ4n) is 5.02. The van der Waals surface area contributed by atoms with Gasteiger partial charge in [0.25, 0.3) is 5.79 Å². The standard InChI is InChI=1S/C36H52N2O5/c1-8-10-12-13-15-29(25-26-16-18-27(19-17-26)35(3,4)5)38-32(31-33(39)42-36(6,7)43-34(31)40)37-28-20-22-30(23-21-28)41-24-14-11-9-2/h16-23,29,37-38H,8-15,24-25H2,1-7H3. The van der Waals surface area contributed by atoms with Gasteiger partial charge in [-0.25, -0.2) is 9.59 Å². The summed E-state index contributed by atoms with van der Waals surface area (Å²) >= 11 is 0. The van der Waals surface area contributed by atoms with Gasteiger partial charge >= 0.3 is 11.9 Å². The molecule has 7 nitrogen and oxygen atoms in total. The van der Waals surface area contributed by atoms with Crippen LogP contribution in [0.2, 0.25) is 0 Å². The van der Waals surface area contributed by atoms with Crippen molar-refractivity contribution >= 4 is 17.6 Å². The average molecular weight is 593 g/mol. The van der Waals surface area contributed by atoms with Crippen molar-refractivity contribution in [3.8, 4) is 5.75 Å². The number of anilines is 1. The van der Waals surface area contributed by atoms with Crippen molar-refractivity contribution in [3.05, 3.63) is 71.1 Å². The summed E-state index contributed by atoms with van der Waals surface area (Å²) in [4.78, 5) is 26.3. The van der Waals surface area contributed by atoms with Gasteiger partial charge in [-0.2, -0.15) is 0 Å². The zero-order valence-electron chi connectivity index (χ0n) is 27.3. The number of carbonyl (C=O) groups is 2. The molecule has 2 aromatic carbocycles. The highest BCUT2D eigenvalue weighted by atomic mass is 16.7. The van der Waals surface area contributed by atoms with Gasteiger partial charge in [0.2, 0.25) is 0 Å². The van der Waals surface area contributed by atoms with Crippen LogP contribution in [0.5, 0.6) is 5.75 Å². The number of rotatable bonds is 16. The van der Waals surface area contributed by atoms with Crippen molar-refractivity contribution in [2.24, 2.45) is 0 Å². The lowest BCUT2D eigenvalue weighted by atomic mass is 9.86. The largest absolute Gasteiger partial charge is 0.494 e. The van der Waals surface area contributed by atoms with E-state index in [0.717, 1.165) is 57.1 Å². The van der Waals surface area contributed by atoms with Crippen LogP contribution in [0.1, 0.15) is 111 Å². The molecule has 0 bridgehead atoms. The summed E-state index contributed by atoms with van der Waals surface area (Å²) in [7, 11) is 0. The second kappa shape index (κ2) is 15.8. The van der Waals surface area contributed by atoms with E-state index in [1.54, 1.807) is 13.8 Å². The third-order valence-corrected chi connectivity index (χ3v) is 7.53. The molecule has 2 N–H and O–H groups in total. The maximum atomic E-state index is 13.2. The summed E-state index contributed by atoms with van der Waals surface area (Å²) in [5, 5.41) is 6.83. The van der Waals surface area contributed by atoms with Crippen LogP contribution in [0.15, 0.2) is 59.9 Å². The lowest BCUT2D eigenvalue weighted by Gasteiger charge is -2.32. The van der Waals surface area contributed by atoms with Gasteiger partial charge in [0.15, 0.2) is 5.57 Å². The van der Waals surface area contributed by atoms with Crippen molar-refractivity contribution in [2.75, 3.05) is 11.9 Å². The minimum absolute atomic E-state index is 0.0379. The number of nitrogens with one attached hydrogen (secondary N) is 2. The first kappa shape index (κ1) is 34.0. The molecule has 236 valence electrons. The molecule has 1 fully saturated rings. The second-order valence-electron chi connectivity index (χ2n) is 13.0. The average Bonchev–Trinajstić information content (AvgIpc) is 2.93. The quantitative estimate of drug-likeness (QED) is 0.0880. The Morgan fingerprint density at radius 1 is 0.837 bits per heavy atom. The molecule has 0 aliphatic carbocycles. The Morgan fingerprint density at radius 2 is 1.44 bits per heavy atom. The van der Waals surface area contributed by atoms with E-state index in [9.17, 15) is 9.59 Å². The van der Waals surface area contributed by atoms with Gasteiger partial charge in [-0.3, -0.25) is 0 Å². The monoisotopic (exact) mass is 592 g/mol.